The average Bonchev–Trinajstić information content (AvgIpc) is 3.43. The lowest BCUT2D eigenvalue weighted by Crippen LogP contribution is -2.31. The van der Waals surface area contributed by atoms with Crippen LogP contribution in [-0.2, 0) is 16.1 Å². The second-order valence-electron chi connectivity index (χ2n) is 8.96. The van der Waals surface area contributed by atoms with Crippen LogP contribution in [0.5, 0.6) is 17.2 Å². The van der Waals surface area contributed by atoms with Crippen LogP contribution in [-0.4, -0.2) is 33.0 Å². The number of rotatable bonds is 7. The van der Waals surface area contributed by atoms with Crippen molar-refractivity contribution in [2.24, 2.45) is 0 Å². The van der Waals surface area contributed by atoms with Crippen molar-refractivity contribution in [1.82, 2.24) is 14.9 Å². The molecule has 0 unspecified atom stereocenters. The van der Waals surface area contributed by atoms with Gasteiger partial charge in [-0.2, -0.15) is 0 Å². The third kappa shape index (κ3) is 5.33. The first-order valence-electron chi connectivity index (χ1n) is 12.0. The lowest BCUT2D eigenvalue weighted by Gasteiger charge is -2.22. The molecule has 0 saturated carbocycles. The molecule has 1 saturated heterocycles. The number of H-pyrrole nitrogens is 1. The largest absolute Gasteiger partial charge is 0.457 e. The second-order valence-corrected chi connectivity index (χ2v) is 8.96. The van der Waals surface area contributed by atoms with Gasteiger partial charge in [-0.1, -0.05) is 36.4 Å². The normalized spacial score (nSPS) is 16.9. The Bertz CT molecular complexity index is 1430. The number of esters is 1. The van der Waals surface area contributed by atoms with Gasteiger partial charge in [0.05, 0.1) is 24.5 Å². The first-order valence-corrected chi connectivity index (χ1v) is 12.0. The van der Waals surface area contributed by atoms with Gasteiger partial charge < -0.3 is 19.2 Å². The summed E-state index contributed by atoms with van der Waals surface area (Å²) >= 11 is 0. The number of benzene rings is 3. The number of hydrogen-bond donors (Lipinski definition) is 1. The lowest BCUT2D eigenvalue weighted by molar-refractivity contribution is -0.131. The van der Waals surface area contributed by atoms with Gasteiger partial charge in [-0.25, -0.2) is 9.78 Å². The van der Waals surface area contributed by atoms with E-state index in [0.29, 0.717) is 17.2 Å². The van der Waals surface area contributed by atoms with E-state index in [9.17, 15) is 9.59 Å². The van der Waals surface area contributed by atoms with Crippen LogP contribution in [0, 0.1) is 6.92 Å². The van der Waals surface area contributed by atoms with Gasteiger partial charge in [-0.3, -0.25) is 9.69 Å². The first-order chi connectivity index (χ1) is 17.9. The first kappa shape index (κ1) is 24.1. The maximum atomic E-state index is 12.9. The topological polar surface area (TPSA) is 93.8 Å². The van der Waals surface area contributed by atoms with Crippen molar-refractivity contribution in [2.45, 2.75) is 39.5 Å². The van der Waals surface area contributed by atoms with Crippen LogP contribution in [0.15, 0.2) is 79.0 Å². The number of hydrogen-bond acceptors (Lipinski definition) is 6. The van der Waals surface area contributed by atoms with Gasteiger partial charge in [0.15, 0.2) is 0 Å². The Kier molecular flexibility index (Phi) is 6.64. The number of carbonyl (C=O) groups is 2. The number of aromatic nitrogens is 2. The minimum absolute atomic E-state index is 0.187. The van der Waals surface area contributed by atoms with Gasteiger partial charge in [-0.15, -0.1) is 0 Å². The van der Waals surface area contributed by atoms with E-state index in [1.54, 1.807) is 35.4 Å². The SMILES string of the molecule is CC(=O)Oc1cccc(Oc2ccc(-c3cnc(C)[nH]3)cc2CN2C(=O)O[C@H](c3ccccc3)[C@@H]2C)c1. The van der Waals surface area contributed by atoms with E-state index in [4.69, 9.17) is 14.2 Å². The molecule has 1 N–H and O–H groups in total. The van der Waals surface area contributed by atoms with Crippen LogP contribution in [0.25, 0.3) is 11.3 Å². The van der Waals surface area contributed by atoms with E-state index in [1.165, 1.54) is 6.92 Å². The number of ether oxygens (including phenoxy) is 3. The standard InChI is InChI=1S/C29H27N3O5/c1-18-28(21-8-5-4-6-9-21)37-29(34)32(18)17-23-14-22(26-16-30-19(2)31-26)12-13-27(23)36-25-11-7-10-24(15-25)35-20(3)33/h4-16,18,28H,17H2,1-3H3,(H,30,31)/t18-,28-/m0/s1. The van der Waals surface area contributed by atoms with E-state index in [1.807, 2.05) is 62.4 Å². The third-order valence-electron chi connectivity index (χ3n) is 6.23. The lowest BCUT2D eigenvalue weighted by atomic mass is 10.0. The van der Waals surface area contributed by atoms with E-state index in [0.717, 1.165) is 28.2 Å². The van der Waals surface area contributed by atoms with Crippen molar-refractivity contribution in [3.63, 3.8) is 0 Å². The summed E-state index contributed by atoms with van der Waals surface area (Å²) in [6.45, 7) is 5.50. The molecular weight excluding hydrogens is 470 g/mol. The quantitative estimate of drug-likeness (QED) is 0.242. The highest BCUT2D eigenvalue weighted by Gasteiger charge is 2.39. The minimum Gasteiger partial charge on any atom is -0.457 e. The number of carbonyl (C=O) groups excluding carboxylic acids is 2. The number of cyclic esters (lactones) is 1. The molecule has 3 aromatic carbocycles. The van der Waals surface area contributed by atoms with Crippen LogP contribution in [0.3, 0.4) is 0 Å². The molecule has 1 aromatic heterocycles. The zero-order valence-corrected chi connectivity index (χ0v) is 20.8. The summed E-state index contributed by atoms with van der Waals surface area (Å²) < 4.78 is 17.2. The van der Waals surface area contributed by atoms with Gasteiger partial charge in [0, 0.05) is 24.1 Å². The summed E-state index contributed by atoms with van der Waals surface area (Å²) in [7, 11) is 0. The summed E-state index contributed by atoms with van der Waals surface area (Å²) in [5.41, 5.74) is 3.52. The molecule has 1 aliphatic heterocycles. The fourth-order valence-electron chi connectivity index (χ4n) is 4.42. The monoisotopic (exact) mass is 497 g/mol. The zero-order valence-electron chi connectivity index (χ0n) is 20.8. The summed E-state index contributed by atoms with van der Waals surface area (Å²) in [6, 6.07) is 22.2. The van der Waals surface area contributed by atoms with E-state index in [-0.39, 0.29) is 24.8 Å². The van der Waals surface area contributed by atoms with Crippen molar-refractivity contribution in [3.05, 3.63) is 95.9 Å². The van der Waals surface area contributed by atoms with Crippen LogP contribution in [0.1, 0.15) is 36.9 Å². The molecule has 1 fully saturated rings. The molecule has 0 bridgehead atoms. The van der Waals surface area contributed by atoms with Crippen molar-refractivity contribution in [1.29, 1.82) is 0 Å². The molecule has 2 atom stereocenters. The molecule has 8 nitrogen and oxygen atoms in total. The predicted molar refractivity (Wildman–Crippen MR) is 137 cm³/mol. The molecule has 2 heterocycles. The van der Waals surface area contributed by atoms with Gasteiger partial charge in [0.25, 0.3) is 0 Å². The Labute approximate surface area is 214 Å². The minimum atomic E-state index is -0.411. The second kappa shape index (κ2) is 10.2. The Hall–Kier alpha value is -4.59. The Morgan fingerprint density at radius 2 is 1.84 bits per heavy atom. The number of nitrogens with one attached hydrogen (secondary N) is 1. The van der Waals surface area contributed by atoms with Crippen LogP contribution in [0.4, 0.5) is 4.79 Å². The number of aryl methyl sites for hydroxylation is 1. The van der Waals surface area contributed by atoms with E-state index < -0.39 is 5.97 Å². The van der Waals surface area contributed by atoms with Crippen LogP contribution >= 0.6 is 0 Å². The molecule has 0 spiro atoms. The summed E-state index contributed by atoms with van der Waals surface area (Å²) in [6.07, 6.45) is 1.03. The molecule has 5 rings (SSSR count). The molecule has 37 heavy (non-hydrogen) atoms. The highest BCUT2D eigenvalue weighted by molar-refractivity contribution is 5.72. The van der Waals surface area contributed by atoms with Crippen molar-refractivity contribution in [2.75, 3.05) is 0 Å². The molecule has 0 radical (unpaired) electrons. The maximum absolute atomic E-state index is 12.9. The van der Waals surface area contributed by atoms with E-state index >= 15 is 0 Å². The van der Waals surface area contributed by atoms with Crippen LogP contribution in [0.2, 0.25) is 0 Å². The molecule has 1 amide bonds. The predicted octanol–water partition coefficient (Wildman–Crippen LogP) is 6.18. The number of aromatic amines is 1. The number of nitrogens with zero attached hydrogens (tertiary/aromatic N) is 2. The smallest absolute Gasteiger partial charge is 0.411 e. The van der Waals surface area contributed by atoms with Crippen LogP contribution < -0.4 is 9.47 Å². The summed E-state index contributed by atoms with van der Waals surface area (Å²) in [4.78, 5) is 33.6. The zero-order chi connectivity index (χ0) is 25.9. The fourth-order valence-corrected chi connectivity index (χ4v) is 4.42. The van der Waals surface area contributed by atoms with Crippen molar-refractivity contribution >= 4 is 12.1 Å². The van der Waals surface area contributed by atoms with Crippen molar-refractivity contribution in [3.8, 4) is 28.5 Å². The average molecular weight is 498 g/mol. The molecule has 1 aliphatic rings. The van der Waals surface area contributed by atoms with Gasteiger partial charge in [-0.05, 0) is 49.7 Å². The fraction of sp³-hybridized carbons (Fsp3) is 0.207. The maximum Gasteiger partial charge on any atom is 0.411 e. The third-order valence-corrected chi connectivity index (χ3v) is 6.23. The molecule has 0 aliphatic carbocycles. The highest BCUT2D eigenvalue weighted by atomic mass is 16.6. The van der Waals surface area contributed by atoms with Gasteiger partial charge in [0.1, 0.15) is 29.2 Å². The molecular formula is C29H27N3O5. The Morgan fingerprint density at radius 1 is 1.05 bits per heavy atom. The Balaban J connectivity index is 1.47. The molecule has 8 heteroatoms. The van der Waals surface area contributed by atoms with E-state index in [2.05, 4.69) is 9.97 Å². The van der Waals surface area contributed by atoms with Crippen molar-refractivity contribution < 1.29 is 23.8 Å². The molecule has 188 valence electrons. The number of amides is 1. The summed E-state index contributed by atoms with van der Waals surface area (Å²) in [5.74, 6) is 1.86. The summed E-state index contributed by atoms with van der Waals surface area (Å²) in [5, 5.41) is 0. The Morgan fingerprint density at radius 3 is 2.57 bits per heavy atom. The highest BCUT2D eigenvalue weighted by Crippen LogP contribution is 2.37. The van der Waals surface area contributed by atoms with Gasteiger partial charge in [0.2, 0.25) is 0 Å². The number of imidazole rings is 1. The van der Waals surface area contributed by atoms with Gasteiger partial charge >= 0.3 is 12.1 Å². The molecule has 4 aromatic rings.